The number of anilines is 1. The minimum Gasteiger partial charge on any atom is -0.364 e. The van der Waals surface area contributed by atoms with Crippen molar-refractivity contribution in [2.45, 2.75) is 44.8 Å². The Labute approximate surface area is 185 Å². The van der Waals surface area contributed by atoms with Crippen molar-refractivity contribution in [2.24, 2.45) is 0 Å². The van der Waals surface area contributed by atoms with Crippen LogP contribution in [0.5, 0.6) is 0 Å². The number of aryl methyl sites for hydroxylation is 1. The fourth-order valence-corrected chi connectivity index (χ4v) is 4.79. The maximum absolute atomic E-state index is 12.2. The van der Waals surface area contributed by atoms with Gasteiger partial charge in [-0.05, 0) is 43.5 Å². The predicted molar refractivity (Wildman–Crippen MR) is 122 cm³/mol. The summed E-state index contributed by atoms with van der Waals surface area (Å²) in [6, 6.07) is 8.42. The summed E-state index contributed by atoms with van der Waals surface area (Å²) in [5.74, 6) is -0.174. The molecule has 2 atom stereocenters. The average Bonchev–Trinajstić information content (AvgIpc) is 2.79. The number of piperazine rings is 1. The van der Waals surface area contributed by atoms with E-state index in [9.17, 15) is 9.59 Å². The Morgan fingerprint density at radius 2 is 2.03 bits per heavy atom. The summed E-state index contributed by atoms with van der Waals surface area (Å²) >= 11 is 0. The van der Waals surface area contributed by atoms with Crippen LogP contribution in [-0.4, -0.2) is 63.2 Å². The lowest BCUT2D eigenvalue weighted by Crippen LogP contribution is -2.64. The van der Waals surface area contributed by atoms with Crippen molar-refractivity contribution in [2.75, 3.05) is 25.0 Å². The third-order valence-electron chi connectivity index (χ3n) is 6.71. The molecular weight excluding hydrogens is 406 g/mol. The monoisotopic (exact) mass is 433 g/mol. The molecule has 3 aromatic heterocycles. The zero-order valence-corrected chi connectivity index (χ0v) is 18.3. The minimum absolute atomic E-state index is 0.0531. The summed E-state index contributed by atoms with van der Waals surface area (Å²) in [5, 5.41) is 11.4. The standard InChI is InChI=1S/C23H27N7O2/c1-3-14-10-19-18(26-22(14)31)11-15(27-28-19)13-29-8-9-30(21-7-6-20(21)29)16-4-5-17(25-12-16)23(32)24-2/h4-5,10-12,20-21H,3,6-9,13H2,1-2H3,(H,24,32)(H,26,31)/t20-,21-/m1/s1. The van der Waals surface area contributed by atoms with Crippen LogP contribution < -0.4 is 15.8 Å². The summed E-state index contributed by atoms with van der Waals surface area (Å²) in [4.78, 5) is 36.1. The number of rotatable bonds is 5. The minimum atomic E-state index is -0.174. The van der Waals surface area contributed by atoms with Crippen molar-refractivity contribution in [3.05, 3.63) is 57.8 Å². The summed E-state index contributed by atoms with van der Waals surface area (Å²) in [5.41, 5.74) is 4.50. The zero-order valence-electron chi connectivity index (χ0n) is 18.3. The predicted octanol–water partition coefficient (Wildman–Crippen LogP) is 1.49. The lowest BCUT2D eigenvalue weighted by atomic mass is 9.81. The first-order valence-corrected chi connectivity index (χ1v) is 11.1. The number of hydrogen-bond acceptors (Lipinski definition) is 7. The smallest absolute Gasteiger partial charge is 0.269 e. The van der Waals surface area contributed by atoms with Gasteiger partial charge >= 0.3 is 0 Å². The van der Waals surface area contributed by atoms with E-state index in [0.29, 0.717) is 30.7 Å². The summed E-state index contributed by atoms with van der Waals surface area (Å²) in [6.07, 6.45) is 4.74. The number of carbonyl (C=O) groups is 1. The Balaban J connectivity index is 1.30. The Bertz CT molecular complexity index is 1210. The van der Waals surface area contributed by atoms with E-state index in [4.69, 9.17) is 0 Å². The van der Waals surface area contributed by atoms with Gasteiger partial charge in [-0.1, -0.05) is 6.92 Å². The molecule has 1 aliphatic heterocycles. The third-order valence-corrected chi connectivity index (χ3v) is 6.71. The molecule has 0 spiro atoms. The van der Waals surface area contributed by atoms with Gasteiger partial charge in [-0.3, -0.25) is 14.5 Å². The third kappa shape index (κ3) is 3.62. The Morgan fingerprint density at radius 1 is 1.19 bits per heavy atom. The van der Waals surface area contributed by atoms with Crippen molar-refractivity contribution in [1.82, 2.24) is 30.4 Å². The molecule has 166 valence electrons. The fourth-order valence-electron chi connectivity index (χ4n) is 4.79. The number of aromatic amines is 1. The second kappa shape index (κ2) is 8.31. The van der Waals surface area contributed by atoms with Crippen LogP contribution in [0.1, 0.15) is 41.5 Å². The maximum atomic E-state index is 12.2. The summed E-state index contributed by atoms with van der Waals surface area (Å²) < 4.78 is 0. The number of pyridine rings is 2. The summed E-state index contributed by atoms with van der Waals surface area (Å²) in [7, 11) is 1.61. The highest BCUT2D eigenvalue weighted by Crippen LogP contribution is 2.37. The van der Waals surface area contributed by atoms with Crippen LogP contribution in [0.25, 0.3) is 11.0 Å². The SMILES string of the molecule is CCc1cc2nnc(CN3CCN(c4ccc(C(=O)NC)nc4)[C@@H]4CC[C@H]43)cc2[nH]c1=O. The van der Waals surface area contributed by atoms with E-state index in [1.165, 1.54) is 0 Å². The second-order valence-electron chi connectivity index (χ2n) is 8.47. The quantitative estimate of drug-likeness (QED) is 0.628. The van der Waals surface area contributed by atoms with E-state index in [0.717, 1.165) is 53.9 Å². The number of carbonyl (C=O) groups excluding carboxylic acids is 1. The first-order chi connectivity index (χ1) is 15.6. The van der Waals surface area contributed by atoms with Gasteiger partial charge < -0.3 is 15.2 Å². The lowest BCUT2D eigenvalue weighted by Gasteiger charge is -2.54. The van der Waals surface area contributed by atoms with Crippen molar-refractivity contribution >= 4 is 22.6 Å². The van der Waals surface area contributed by atoms with Crippen LogP contribution in [0, 0.1) is 0 Å². The molecular formula is C23H27N7O2. The van der Waals surface area contributed by atoms with E-state index in [1.807, 2.05) is 25.1 Å². The molecule has 9 heteroatoms. The Kier molecular flexibility index (Phi) is 5.34. The molecule has 1 aliphatic carbocycles. The molecule has 9 nitrogen and oxygen atoms in total. The van der Waals surface area contributed by atoms with Gasteiger partial charge in [-0.15, -0.1) is 5.10 Å². The van der Waals surface area contributed by atoms with Crippen molar-refractivity contribution in [3.63, 3.8) is 0 Å². The first-order valence-electron chi connectivity index (χ1n) is 11.1. The highest BCUT2D eigenvalue weighted by atomic mass is 16.1. The van der Waals surface area contributed by atoms with Crippen LogP contribution in [-0.2, 0) is 13.0 Å². The topological polar surface area (TPSA) is 107 Å². The molecule has 1 saturated heterocycles. The average molecular weight is 434 g/mol. The van der Waals surface area contributed by atoms with Crippen LogP contribution >= 0.6 is 0 Å². The number of H-pyrrole nitrogens is 1. The van der Waals surface area contributed by atoms with Gasteiger partial charge in [0.25, 0.3) is 11.5 Å². The molecule has 5 rings (SSSR count). The van der Waals surface area contributed by atoms with Gasteiger partial charge in [0.15, 0.2) is 0 Å². The van der Waals surface area contributed by atoms with Crippen molar-refractivity contribution < 1.29 is 4.79 Å². The molecule has 1 amide bonds. The van der Waals surface area contributed by atoms with Gasteiger partial charge in [0.2, 0.25) is 0 Å². The highest BCUT2D eigenvalue weighted by molar-refractivity contribution is 5.92. The van der Waals surface area contributed by atoms with Crippen LogP contribution in [0.4, 0.5) is 5.69 Å². The molecule has 4 heterocycles. The van der Waals surface area contributed by atoms with E-state index in [2.05, 4.69) is 35.3 Å². The normalized spacial score (nSPS) is 20.6. The number of aromatic nitrogens is 4. The van der Waals surface area contributed by atoms with Crippen LogP contribution in [0.3, 0.4) is 0 Å². The van der Waals surface area contributed by atoms with Gasteiger partial charge in [-0.2, -0.15) is 5.10 Å². The van der Waals surface area contributed by atoms with E-state index < -0.39 is 0 Å². The fraction of sp³-hybridized carbons (Fsp3) is 0.435. The lowest BCUT2D eigenvalue weighted by molar-refractivity contribution is 0.0647. The first kappa shape index (κ1) is 20.6. The van der Waals surface area contributed by atoms with Gasteiger partial charge in [0, 0.05) is 44.3 Å². The van der Waals surface area contributed by atoms with E-state index in [-0.39, 0.29) is 11.5 Å². The zero-order chi connectivity index (χ0) is 22.2. The Morgan fingerprint density at radius 3 is 2.72 bits per heavy atom. The van der Waals surface area contributed by atoms with E-state index >= 15 is 0 Å². The molecule has 0 radical (unpaired) electrons. The largest absolute Gasteiger partial charge is 0.364 e. The molecule has 2 aliphatic rings. The van der Waals surface area contributed by atoms with E-state index in [1.54, 1.807) is 19.3 Å². The molecule has 32 heavy (non-hydrogen) atoms. The maximum Gasteiger partial charge on any atom is 0.269 e. The second-order valence-corrected chi connectivity index (χ2v) is 8.47. The molecule has 2 N–H and O–H groups in total. The van der Waals surface area contributed by atoms with Crippen LogP contribution in [0.2, 0.25) is 0 Å². The number of fused-ring (bicyclic) bond motifs is 2. The molecule has 2 fully saturated rings. The van der Waals surface area contributed by atoms with Gasteiger partial charge in [-0.25, -0.2) is 4.98 Å². The van der Waals surface area contributed by atoms with Gasteiger partial charge in [0.05, 0.1) is 23.1 Å². The van der Waals surface area contributed by atoms with Crippen LogP contribution in [0.15, 0.2) is 35.3 Å². The number of hydrogen-bond donors (Lipinski definition) is 2. The number of amides is 1. The molecule has 0 bridgehead atoms. The van der Waals surface area contributed by atoms with Crippen molar-refractivity contribution in [3.8, 4) is 0 Å². The van der Waals surface area contributed by atoms with Crippen molar-refractivity contribution in [1.29, 1.82) is 0 Å². The molecule has 0 aromatic carbocycles. The summed E-state index contributed by atoms with van der Waals surface area (Å²) in [6.45, 7) is 4.46. The molecule has 0 unspecified atom stereocenters. The molecule has 1 saturated carbocycles. The number of nitrogens with zero attached hydrogens (tertiary/aromatic N) is 5. The molecule has 3 aromatic rings. The highest BCUT2D eigenvalue weighted by Gasteiger charge is 2.43. The Hall–Kier alpha value is -3.33. The number of nitrogens with one attached hydrogen (secondary N) is 2. The van der Waals surface area contributed by atoms with Gasteiger partial charge in [0.1, 0.15) is 11.2 Å².